The Balaban J connectivity index is 2.10. The van der Waals surface area contributed by atoms with E-state index in [0.29, 0.717) is 12.2 Å². The third-order valence-electron chi connectivity index (χ3n) is 4.07. The predicted molar refractivity (Wildman–Crippen MR) is 87.3 cm³/mol. The van der Waals surface area contributed by atoms with Gasteiger partial charge in [0.15, 0.2) is 5.65 Å². The standard InChI is InChI=1S/C15H23N5O3/c1-8(15(2,3)4)16-10(21)7-6-9-17-11-12(18-9)20(5)14(23)19-13(11)22/h8H,6-7H2,1-5H3,(H,16,21)(H,17,18)(H,19,22,23)/t8-/m0/s1. The van der Waals surface area contributed by atoms with Gasteiger partial charge >= 0.3 is 5.69 Å². The topological polar surface area (TPSA) is 113 Å². The van der Waals surface area contributed by atoms with Crippen LogP contribution in [0.5, 0.6) is 0 Å². The Hall–Kier alpha value is -2.38. The number of carbonyl (C=O) groups excluding carboxylic acids is 1. The minimum absolute atomic E-state index is 0.0133. The Morgan fingerprint density at radius 1 is 1.30 bits per heavy atom. The highest BCUT2D eigenvalue weighted by Gasteiger charge is 2.21. The molecule has 0 aliphatic carbocycles. The van der Waals surface area contributed by atoms with Gasteiger partial charge in [0.2, 0.25) is 5.91 Å². The van der Waals surface area contributed by atoms with Gasteiger partial charge in [0.05, 0.1) is 0 Å². The van der Waals surface area contributed by atoms with E-state index in [2.05, 4.69) is 41.0 Å². The fourth-order valence-electron chi connectivity index (χ4n) is 2.03. The lowest BCUT2D eigenvalue weighted by atomic mass is 9.88. The largest absolute Gasteiger partial charge is 0.353 e. The van der Waals surface area contributed by atoms with E-state index in [1.165, 1.54) is 11.6 Å². The Bertz CT molecular complexity index is 837. The SMILES string of the molecule is C[C@H](NC(=O)CCc1nc2c([nH]1)c(=O)[nH]c(=O)n2C)C(C)(C)C. The zero-order valence-corrected chi connectivity index (χ0v) is 14.1. The molecular weight excluding hydrogens is 298 g/mol. The number of aromatic amines is 2. The number of H-pyrrole nitrogens is 2. The summed E-state index contributed by atoms with van der Waals surface area (Å²) in [4.78, 5) is 44.6. The number of nitrogens with one attached hydrogen (secondary N) is 3. The molecule has 3 N–H and O–H groups in total. The third-order valence-corrected chi connectivity index (χ3v) is 4.07. The summed E-state index contributed by atoms with van der Waals surface area (Å²) in [5.41, 5.74) is -0.506. The number of fused-ring (bicyclic) bond motifs is 1. The van der Waals surface area contributed by atoms with Crippen molar-refractivity contribution in [3.63, 3.8) is 0 Å². The van der Waals surface area contributed by atoms with E-state index in [9.17, 15) is 14.4 Å². The van der Waals surface area contributed by atoms with Crippen molar-refractivity contribution in [3.8, 4) is 0 Å². The fourth-order valence-corrected chi connectivity index (χ4v) is 2.03. The highest BCUT2D eigenvalue weighted by Crippen LogP contribution is 2.18. The molecule has 0 aliphatic heterocycles. The second-order valence-electron chi connectivity index (χ2n) is 6.86. The number of rotatable bonds is 4. The molecule has 2 heterocycles. The molecule has 0 radical (unpaired) electrons. The average molecular weight is 321 g/mol. The van der Waals surface area contributed by atoms with Crippen molar-refractivity contribution >= 4 is 17.1 Å². The van der Waals surface area contributed by atoms with Gasteiger partial charge in [-0.3, -0.25) is 19.1 Å². The quantitative estimate of drug-likeness (QED) is 0.758. The van der Waals surface area contributed by atoms with Crippen LogP contribution in [-0.4, -0.2) is 31.5 Å². The number of carbonyl (C=O) groups is 1. The first-order valence-corrected chi connectivity index (χ1v) is 7.57. The Kier molecular flexibility index (Phi) is 4.44. The molecule has 8 nitrogen and oxygen atoms in total. The first-order chi connectivity index (χ1) is 10.6. The second-order valence-corrected chi connectivity index (χ2v) is 6.86. The van der Waals surface area contributed by atoms with Crippen LogP contribution in [0.15, 0.2) is 9.59 Å². The molecule has 0 fully saturated rings. The van der Waals surface area contributed by atoms with Crippen LogP contribution in [-0.2, 0) is 18.3 Å². The maximum absolute atomic E-state index is 12.0. The molecule has 2 aromatic heterocycles. The van der Waals surface area contributed by atoms with Gasteiger partial charge in [-0.15, -0.1) is 0 Å². The van der Waals surface area contributed by atoms with Crippen LogP contribution in [0.4, 0.5) is 0 Å². The van der Waals surface area contributed by atoms with Crippen LogP contribution in [0.1, 0.15) is 39.9 Å². The monoisotopic (exact) mass is 321 g/mol. The minimum atomic E-state index is -0.516. The van der Waals surface area contributed by atoms with Gasteiger partial charge in [0, 0.05) is 25.9 Å². The molecule has 2 aromatic rings. The van der Waals surface area contributed by atoms with Crippen molar-refractivity contribution in [3.05, 3.63) is 26.7 Å². The smallest absolute Gasteiger partial charge is 0.329 e. The van der Waals surface area contributed by atoms with E-state index in [-0.39, 0.29) is 34.9 Å². The lowest BCUT2D eigenvalue weighted by molar-refractivity contribution is -0.122. The van der Waals surface area contributed by atoms with Crippen molar-refractivity contribution < 1.29 is 4.79 Å². The van der Waals surface area contributed by atoms with Crippen LogP contribution >= 0.6 is 0 Å². The van der Waals surface area contributed by atoms with Gasteiger partial charge in [-0.05, 0) is 12.3 Å². The summed E-state index contributed by atoms with van der Waals surface area (Å²) in [5.74, 6) is 0.431. The molecule has 1 atom stereocenters. The minimum Gasteiger partial charge on any atom is -0.353 e. The molecule has 0 saturated carbocycles. The first kappa shape index (κ1) is 17.0. The first-order valence-electron chi connectivity index (χ1n) is 7.57. The van der Waals surface area contributed by atoms with E-state index in [4.69, 9.17) is 0 Å². The maximum atomic E-state index is 12.0. The highest BCUT2D eigenvalue weighted by atomic mass is 16.2. The van der Waals surface area contributed by atoms with E-state index in [0.717, 1.165) is 0 Å². The summed E-state index contributed by atoms with van der Waals surface area (Å²) in [7, 11) is 1.53. The number of hydrogen-bond acceptors (Lipinski definition) is 4. The van der Waals surface area contributed by atoms with Crippen LogP contribution < -0.4 is 16.6 Å². The van der Waals surface area contributed by atoms with Gasteiger partial charge in [0.1, 0.15) is 11.3 Å². The lowest BCUT2D eigenvalue weighted by Gasteiger charge is -2.28. The molecular formula is C15H23N5O3. The Morgan fingerprint density at radius 3 is 2.57 bits per heavy atom. The Morgan fingerprint density at radius 2 is 1.96 bits per heavy atom. The van der Waals surface area contributed by atoms with Crippen LogP contribution in [0.2, 0.25) is 0 Å². The predicted octanol–water partition coefficient (Wildman–Crippen LogP) is 0.433. The van der Waals surface area contributed by atoms with Crippen molar-refractivity contribution in [1.82, 2.24) is 24.8 Å². The molecule has 0 aliphatic rings. The summed E-state index contributed by atoms with van der Waals surface area (Å²) in [6.07, 6.45) is 0.622. The molecule has 23 heavy (non-hydrogen) atoms. The average Bonchev–Trinajstić information content (AvgIpc) is 2.86. The van der Waals surface area contributed by atoms with E-state index >= 15 is 0 Å². The molecule has 126 valence electrons. The molecule has 0 spiro atoms. The molecule has 8 heteroatoms. The molecule has 0 bridgehead atoms. The highest BCUT2D eigenvalue weighted by molar-refractivity contribution is 5.76. The molecule has 1 amide bonds. The van der Waals surface area contributed by atoms with Crippen LogP contribution in [0.3, 0.4) is 0 Å². The second kappa shape index (κ2) is 6.02. The third kappa shape index (κ3) is 3.69. The summed E-state index contributed by atoms with van der Waals surface area (Å²) in [5, 5.41) is 2.95. The number of aryl methyl sites for hydroxylation is 2. The number of amides is 1. The van der Waals surface area contributed by atoms with Crippen molar-refractivity contribution in [2.24, 2.45) is 12.5 Å². The maximum Gasteiger partial charge on any atom is 0.329 e. The van der Waals surface area contributed by atoms with Gasteiger partial charge < -0.3 is 10.3 Å². The Labute approximate surface area is 133 Å². The van der Waals surface area contributed by atoms with Gasteiger partial charge in [0.25, 0.3) is 5.56 Å². The molecule has 0 saturated heterocycles. The van der Waals surface area contributed by atoms with Gasteiger partial charge in [-0.25, -0.2) is 9.78 Å². The summed E-state index contributed by atoms with van der Waals surface area (Å²) < 4.78 is 1.26. The normalized spacial score (nSPS) is 13.3. The number of aromatic nitrogens is 4. The molecule has 2 rings (SSSR count). The van der Waals surface area contributed by atoms with Crippen molar-refractivity contribution in [2.75, 3.05) is 0 Å². The van der Waals surface area contributed by atoms with Crippen molar-refractivity contribution in [1.29, 1.82) is 0 Å². The lowest BCUT2D eigenvalue weighted by Crippen LogP contribution is -2.41. The van der Waals surface area contributed by atoms with Gasteiger partial charge in [-0.2, -0.15) is 0 Å². The molecule has 0 aromatic carbocycles. The summed E-state index contributed by atoms with van der Waals surface area (Å²) in [6.45, 7) is 8.15. The number of hydrogen-bond donors (Lipinski definition) is 3. The van der Waals surface area contributed by atoms with E-state index in [1.807, 2.05) is 6.92 Å². The zero-order chi connectivity index (χ0) is 17.4. The fraction of sp³-hybridized carbons (Fsp3) is 0.600. The van der Waals surface area contributed by atoms with E-state index in [1.54, 1.807) is 0 Å². The number of nitrogens with zero attached hydrogens (tertiary/aromatic N) is 2. The van der Waals surface area contributed by atoms with Crippen LogP contribution in [0, 0.1) is 5.41 Å². The zero-order valence-electron chi connectivity index (χ0n) is 14.1. The summed E-state index contributed by atoms with van der Waals surface area (Å²) in [6, 6.07) is 0.0503. The molecule has 0 unspecified atom stereocenters. The van der Waals surface area contributed by atoms with Gasteiger partial charge in [-0.1, -0.05) is 20.8 Å². The van der Waals surface area contributed by atoms with E-state index < -0.39 is 11.2 Å². The van der Waals surface area contributed by atoms with Crippen molar-refractivity contribution in [2.45, 2.75) is 46.6 Å². The number of imidazole rings is 1. The van der Waals surface area contributed by atoms with Crippen LogP contribution in [0.25, 0.3) is 11.2 Å². The summed E-state index contributed by atoms with van der Waals surface area (Å²) >= 11 is 0.